The van der Waals surface area contributed by atoms with Crippen LogP contribution in [0.2, 0.25) is 0 Å². The molecule has 0 spiro atoms. The van der Waals surface area contributed by atoms with E-state index in [0.29, 0.717) is 38.3 Å². The van der Waals surface area contributed by atoms with E-state index in [4.69, 9.17) is 25.1 Å². The van der Waals surface area contributed by atoms with Crippen molar-refractivity contribution in [1.82, 2.24) is 0 Å². The molecule has 196 valence electrons. The molecule has 0 radical (unpaired) electrons. The van der Waals surface area contributed by atoms with Crippen LogP contribution < -0.4 is 25.3 Å². The highest BCUT2D eigenvalue weighted by Crippen LogP contribution is 2.38. The van der Waals surface area contributed by atoms with E-state index in [1.54, 1.807) is 39.5 Å². The number of ketones is 1. The van der Waals surface area contributed by atoms with Gasteiger partial charge in [0.25, 0.3) is 0 Å². The number of rotatable bonds is 13. The minimum Gasteiger partial charge on any atom is -0.493 e. The molecule has 0 atom stereocenters. The van der Waals surface area contributed by atoms with Gasteiger partial charge in [0.15, 0.2) is 17.3 Å². The molecule has 0 fully saturated rings. The number of nitrogens with two attached hydrogens (primary N) is 1. The molecule has 2 aromatic carbocycles. The second-order valence-electron chi connectivity index (χ2n) is 8.16. The zero-order valence-corrected chi connectivity index (χ0v) is 21.8. The second kappa shape index (κ2) is 12.9. The highest BCUT2D eigenvalue weighted by atomic mass is 32.1. The maximum atomic E-state index is 13.2. The van der Waals surface area contributed by atoms with Gasteiger partial charge in [-0.05, 0) is 48.6 Å². The summed E-state index contributed by atoms with van der Waals surface area (Å²) in [5, 5.41) is 12.0. The average Bonchev–Trinajstić information content (AvgIpc) is 3.32. The van der Waals surface area contributed by atoms with E-state index in [0.717, 1.165) is 24.0 Å². The molecule has 0 saturated heterocycles. The Bertz CT molecular complexity index is 1240. The van der Waals surface area contributed by atoms with Crippen LogP contribution >= 0.6 is 11.3 Å². The number of anilines is 1. The largest absolute Gasteiger partial charge is 0.493 e. The minimum atomic E-state index is -0.934. The number of methoxy groups -OCH3 is 3. The van der Waals surface area contributed by atoms with Gasteiger partial charge in [0.1, 0.15) is 5.00 Å². The van der Waals surface area contributed by atoms with Crippen molar-refractivity contribution in [2.45, 2.75) is 25.7 Å². The lowest BCUT2D eigenvalue weighted by Gasteiger charge is -2.14. The Labute approximate surface area is 219 Å². The molecule has 0 aliphatic carbocycles. The highest BCUT2D eigenvalue weighted by Gasteiger charge is 2.20. The van der Waals surface area contributed by atoms with Crippen LogP contribution in [0.4, 0.5) is 5.00 Å². The van der Waals surface area contributed by atoms with Crippen LogP contribution in [0.1, 0.15) is 38.3 Å². The van der Waals surface area contributed by atoms with Crippen LogP contribution in [-0.2, 0) is 28.9 Å². The summed E-state index contributed by atoms with van der Waals surface area (Å²) >= 11 is 1.18. The zero-order valence-electron chi connectivity index (χ0n) is 21.0. The topological polar surface area (TPSA) is 137 Å². The molecule has 0 aliphatic rings. The number of amides is 1. The summed E-state index contributed by atoms with van der Waals surface area (Å²) in [6.07, 6.45) is 1.64. The minimum absolute atomic E-state index is 0.0704. The van der Waals surface area contributed by atoms with Gasteiger partial charge in [-0.3, -0.25) is 14.4 Å². The van der Waals surface area contributed by atoms with Crippen LogP contribution in [0.3, 0.4) is 0 Å². The average molecular weight is 527 g/mol. The fourth-order valence-corrected chi connectivity index (χ4v) is 4.85. The number of aryl methyl sites for hydroxylation is 3. The second-order valence-corrected chi connectivity index (χ2v) is 9.30. The lowest BCUT2D eigenvalue weighted by Crippen LogP contribution is -2.22. The zero-order chi connectivity index (χ0) is 26.9. The molecule has 10 heteroatoms. The number of nitrogens with one attached hydrogen (secondary N) is 1. The van der Waals surface area contributed by atoms with Gasteiger partial charge >= 0.3 is 5.97 Å². The predicted octanol–water partition coefficient (Wildman–Crippen LogP) is 3.70. The van der Waals surface area contributed by atoms with E-state index in [1.807, 2.05) is 24.3 Å². The third kappa shape index (κ3) is 7.08. The smallest absolute Gasteiger partial charge is 0.303 e. The fraction of sp³-hybridized carbons (Fsp3) is 0.296. The number of aliphatic carboxylic acids is 1. The lowest BCUT2D eigenvalue weighted by molar-refractivity contribution is -0.137. The maximum Gasteiger partial charge on any atom is 0.303 e. The van der Waals surface area contributed by atoms with Crippen LogP contribution in [0.15, 0.2) is 42.5 Å². The first-order valence-electron chi connectivity index (χ1n) is 11.6. The maximum absolute atomic E-state index is 13.2. The Morgan fingerprint density at radius 1 is 0.892 bits per heavy atom. The Kier molecular flexibility index (Phi) is 9.64. The summed E-state index contributed by atoms with van der Waals surface area (Å²) in [5.41, 5.74) is 8.24. The number of carbonyl (C=O) groups excluding carboxylic acids is 2. The number of hydrogen-bond donors (Lipinski definition) is 3. The standard InChI is InChI=1S/C27H30N2O7S/c1-34-21-12-17(13-22(35-2)26(21)36-3)5-4-16-6-8-18(9-7-16)25(33)20-14-19(10-11-24(31)32)37-27(20)29-23(30)15-28/h6-9,12-14H,4-5,10-11,15,28H2,1-3H3,(H,29,30)(H,31,32). The molecular weight excluding hydrogens is 496 g/mol. The van der Waals surface area contributed by atoms with Crippen LogP contribution in [0, 0.1) is 0 Å². The van der Waals surface area contributed by atoms with Crippen molar-refractivity contribution >= 4 is 34.0 Å². The molecule has 1 aromatic heterocycles. The van der Waals surface area contributed by atoms with Crippen molar-refractivity contribution < 1.29 is 33.7 Å². The van der Waals surface area contributed by atoms with Crippen molar-refractivity contribution in [1.29, 1.82) is 0 Å². The molecule has 0 aliphatic heterocycles. The summed E-state index contributed by atoms with van der Waals surface area (Å²) in [6, 6.07) is 12.7. The van der Waals surface area contributed by atoms with Crippen LogP contribution in [0.5, 0.6) is 17.2 Å². The number of thiophene rings is 1. The molecule has 37 heavy (non-hydrogen) atoms. The number of benzene rings is 2. The Balaban J connectivity index is 1.76. The first kappa shape index (κ1) is 27.7. The summed E-state index contributed by atoms with van der Waals surface area (Å²) < 4.78 is 16.2. The van der Waals surface area contributed by atoms with E-state index in [-0.39, 0.29) is 25.2 Å². The van der Waals surface area contributed by atoms with Gasteiger partial charge in [0.05, 0.1) is 39.9 Å². The summed E-state index contributed by atoms with van der Waals surface area (Å²) in [4.78, 5) is 36.7. The van der Waals surface area contributed by atoms with E-state index in [1.165, 1.54) is 11.3 Å². The molecular formula is C27H30N2O7S. The van der Waals surface area contributed by atoms with Crippen molar-refractivity contribution in [3.8, 4) is 17.2 Å². The van der Waals surface area contributed by atoms with E-state index in [2.05, 4.69) is 5.32 Å². The SMILES string of the molecule is COc1cc(CCc2ccc(C(=O)c3cc(CCC(=O)O)sc3NC(=O)CN)cc2)cc(OC)c1OC. The molecule has 1 heterocycles. The Hall–Kier alpha value is -3.89. The summed E-state index contributed by atoms with van der Waals surface area (Å²) in [6.45, 7) is -0.226. The molecule has 0 bridgehead atoms. The van der Waals surface area contributed by atoms with Crippen molar-refractivity contribution in [3.63, 3.8) is 0 Å². The van der Waals surface area contributed by atoms with Gasteiger partial charge in [0.2, 0.25) is 11.7 Å². The lowest BCUT2D eigenvalue weighted by atomic mass is 9.99. The first-order chi connectivity index (χ1) is 17.8. The normalized spacial score (nSPS) is 10.6. The van der Waals surface area contributed by atoms with E-state index < -0.39 is 11.9 Å². The molecule has 3 rings (SSSR count). The molecule has 4 N–H and O–H groups in total. The monoisotopic (exact) mass is 526 g/mol. The van der Waals surface area contributed by atoms with Gasteiger partial charge < -0.3 is 30.4 Å². The number of ether oxygens (including phenoxy) is 3. The quantitative estimate of drug-likeness (QED) is 0.287. The summed E-state index contributed by atoms with van der Waals surface area (Å²) in [7, 11) is 4.71. The van der Waals surface area contributed by atoms with Crippen LogP contribution in [0.25, 0.3) is 0 Å². The third-order valence-corrected chi connectivity index (χ3v) is 6.80. The number of carboxylic acid groups (broad SMARTS) is 1. The molecule has 0 saturated carbocycles. The third-order valence-electron chi connectivity index (χ3n) is 5.69. The molecule has 0 unspecified atom stereocenters. The van der Waals surface area contributed by atoms with Gasteiger partial charge in [-0.1, -0.05) is 24.3 Å². The Morgan fingerprint density at radius 2 is 1.51 bits per heavy atom. The number of carboxylic acids is 1. The molecule has 1 amide bonds. The molecule has 9 nitrogen and oxygen atoms in total. The van der Waals surface area contributed by atoms with Crippen molar-refractivity contribution in [2.24, 2.45) is 5.73 Å². The Morgan fingerprint density at radius 3 is 2.05 bits per heavy atom. The van der Waals surface area contributed by atoms with E-state index in [9.17, 15) is 14.4 Å². The van der Waals surface area contributed by atoms with Gasteiger partial charge in [-0.2, -0.15) is 0 Å². The van der Waals surface area contributed by atoms with Crippen LogP contribution in [-0.4, -0.2) is 50.6 Å². The highest BCUT2D eigenvalue weighted by molar-refractivity contribution is 7.16. The van der Waals surface area contributed by atoms with E-state index >= 15 is 0 Å². The number of hydrogen-bond acceptors (Lipinski definition) is 8. The fourth-order valence-electron chi connectivity index (χ4n) is 3.78. The van der Waals surface area contributed by atoms with Gasteiger partial charge in [-0.15, -0.1) is 11.3 Å². The van der Waals surface area contributed by atoms with Gasteiger partial charge in [-0.25, -0.2) is 0 Å². The van der Waals surface area contributed by atoms with Crippen molar-refractivity contribution in [2.75, 3.05) is 33.2 Å². The predicted molar refractivity (Wildman–Crippen MR) is 141 cm³/mol. The van der Waals surface area contributed by atoms with Crippen molar-refractivity contribution in [3.05, 3.63) is 69.6 Å². The molecule has 3 aromatic rings. The summed E-state index contributed by atoms with van der Waals surface area (Å²) in [5.74, 6) is 0.0981. The first-order valence-corrected chi connectivity index (χ1v) is 12.4. The van der Waals surface area contributed by atoms with Gasteiger partial charge in [0, 0.05) is 10.4 Å². The number of carbonyl (C=O) groups is 3.